The van der Waals surface area contributed by atoms with Crippen molar-refractivity contribution in [3.05, 3.63) is 64.9 Å². The number of thioether (sulfide) groups is 1. The van der Waals surface area contributed by atoms with Gasteiger partial charge in [-0.3, -0.25) is 4.79 Å². The van der Waals surface area contributed by atoms with Crippen molar-refractivity contribution < 1.29 is 9.18 Å². The van der Waals surface area contributed by atoms with Crippen LogP contribution < -0.4 is 5.32 Å². The van der Waals surface area contributed by atoms with E-state index in [0.29, 0.717) is 5.92 Å². The molecule has 2 aromatic rings. The fourth-order valence-corrected chi connectivity index (χ4v) is 4.62. The minimum absolute atomic E-state index is 0. The molecule has 146 valence electrons. The standard InChI is InChI=1S/C20H22ClFN2OS.ClH/c1-23-12-14-9-10-24(13-14)20(25)19(15-5-3-2-4-6-15)26-16-7-8-18(22)17(21)11-16;/h2-8,11,14,19,23H,9-10,12-13H2,1H3;1H. The van der Waals surface area contributed by atoms with Gasteiger partial charge in [0.15, 0.2) is 0 Å². The zero-order valence-electron chi connectivity index (χ0n) is 15.0. The average Bonchev–Trinajstić information content (AvgIpc) is 3.12. The number of nitrogens with one attached hydrogen (secondary N) is 1. The van der Waals surface area contributed by atoms with Gasteiger partial charge in [0.1, 0.15) is 11.1 Å². The normalized spacial score (nSPS) is 17.4. The number of benzene rings is 2. The average molecular weight is 429 g/mol. The highest BCUT2D eigenvalue weighted by Crippen LogP contribution is 2.38. The van der Waals surface area contributed by atoms with Crippen LogP contribution >= 0.6 is 35.8 Å². The summed E-state index contributed by atoms with van der Waals surface area (Å²) in [5, 5.41) is 2.89. The van der Waals surface area contributed by atoms with Crippen molar-refractivity contribution >= 4 is 41.7 Å². The second kappa shape index (κ2) is 10.3. The molecule has 0 bridgehead atoms. The number of rotatable bonds is 6. The van der Waals surface area contributed by atoms with E-state index in [1.54, 1.807) is 12.1 Å². The summed E-state index contributed by atoms with van der Waals surface area (Å²) in [6.45, 7) is 2.47. The summed E-state index contributed by atoms with van der Waals surface area (Å²) in [5.41, 5.74) is 0.944. The van der Waals surface area contributed by atoms with Gasteiger partial charge in [-0.05, 0) is 49.7 Å². The lowest BCUT2D eigenvalue weighted by atomic mass is 10.1. The summed E-state index contributed by atoms with van der Waals surface area (Å²) in [7, 11) is 1.94. The number of hydrogen-bond donors (Lipinski definition) is 1. The zero-order chi connectivity index (χ0) is 18.5. The largest absolute Gasteiger partial charge is 0.341 e. The van der Waals surface area contributed by atoms with Crippen LogP contribution in [0.25, 0.3) is 0 Å². The Balaban J connectivity index is 0.00000261. The van der Waals surface area contributed by atoms with Gasteiger partial charge in [0.2, 0.25) is 5.91 Å². The third-order valence-corrected chi connectivity index (χ3v) is 6.09. The molecule has 7 heteroatoms. The van der Waals surface area contributed by atoms with Gasteiger partial charge < -0.3 is 10.2 Å². The second-order valence-electron chi connectivity index (χ2n) is 6.48. The van der Waals surface area contributed by atoms with Crippen molar-refractivity contribution in [3.63, 3.8) is 0 Å². The van der Waals surface area contributed by atoms with Gasteiger partial charge in [0.05, 0.1) is 5.02 Å². The molecule has 0 aromatic heterocycles. The maximum Gasteiger partial charge on any atom is 0.240 e. The van der Waals surface area contributed by atoms with Crippen molar-refractivity contribution in [1.82, 2.24) is 10.2 Å². The Morgan fingerprint density at radius 2 is 2.07 bits per heavy atom. The third-order valence-electron chi connectivity index (χ3n) is 4.56. The van der Waals surface area contributed by atoms with Gasteiger partial charge in [-0.1, -0.05) is 41.9 Å². The van der Waals surface area contributed by atoms with Crippen molar-refractivity contribution in [3.8, 4) is 0 Å². The number of amides is 1. The van der Waals surface area contributed by atoms with E-state index in [1.165, 1.54) is 17.8 Å². The molecule has 3 rings (SSSR count). The first-order chi connectivity index (χ1) is 12.6. The van der Waals surface area contributed by atoms with E-state index in [0.717, 1.165) is 36.5 Å². The van der Waals surface area contributed by atoms with Crippen LogP contribution in [-0.4, -0.2) is 37.5 Å². The van der Waals surface area contributed by atoms with Gasteiger partial charge in [-0.15, -0.1) is 24.2 Å². The lowest BCUT2D eigenvalue weighted by Crippen LogP contribution is -2.33. The molecule has 1 saturated heterocycles. The van der Waals surface area contributed by atoms with Gasteiger partial charge in [0, 0.05) is 18.0 Å². The van der Waals surface area contributed by atoms with E-state index < -0.39 is 5.82 Å². The summed E-state index contributed by atoms with van der Waals surface area (Å²) >= 11 is 7.33. The smallest absolute Gasteiger partial charge is 0.240 e. The van der Waals surface area contributed by atoms with Crippen LogP contribution in [0.3, 0.4) is 0 Å². The number of hydrogen-bond acceptors (Lipinski definition) is 3. The van der Waals surface area contributed by atoms with Crippen LogP contribution in [0.15, 0.2) is 53.4 Å². The van der Waals surface area contributed by atoms with Crippen LogP contribution in [-0.2, 0) is 4.79 Å². The van der Waals surface area contributed by atoms with Crippen molar-refractivity contribution in [1.29, 1.82) is 0 Å². The Morgan fingerprint density at radius 3 is 2.74 bits per heavy atom. The van der Waals surface area contributed by atoms with E-state index in [9.17, 15) is 9.18 Å². The monoisotopic (exact) mass is 428 g/mol. The van der Waals surface area contributed by atoms with Crippen molar-refractivity contribution in [2.24, 2.45) is 5.92 Å². The molecule has 3 nitrogen and oxygen atoms in total. The van der Waals surface area contributed by atoms with Gasteiger partial charge >= 0.3 is 0 Å². The number of carbonyl (C=O) groups excluding carboxylic acids is 1. The summed E-state index contributed by atoms with van der Waals surface area (Å²) in [6.07, 6.45) is 1.02. The highest BCUT2D eigenvalue weighted by molar-refractivity contribution is 8.00. The van der Waals surface area contributed by atoms with E-state index in [-0.39, 0.29) is 28.6 Å². The molecular formula is C20H23Cl2FN2OS. The lowest BCUT2D eigenvalue weighted by Gasteiger charge is -2.24. The molecule has 2 atom stereocenters. The third kappa shape index (κ3) is 5.61. The Bertz CT molecular complexity index is 763. The highest BCUT2D eigenvalue weighted by Gasteiger charge is 2.32. The SMILES string of the molecule is CNCC1CCN(C(=O)C(Sc2ccc(F)c(Cl)c2)c2ccccc2)C1.Cl. The summed E-state index contributed by atoms with van der Waals surface area (Å²) in [6, 6.07) is 14.3. The fourth-order valence-electron chi connectivity index (χ4n) is 3.23. The Morgan fingerprint density at radius 1 is 1.33 bits per heavy atom. The maximum atomic E-state index is 13.5. The molecule has 27 heavy (non-hydrogen) atoms. The molecule has 1 aliphatic rings. The van der Waals surface area contributed by atoms with Crippen LogP contribution in [0.5, 0.6) is 0 Å². The minimum atomic E-state index is -0.451. The molecule has 0 saturated carbocycles. The van der Waals surface area contributed by atoms with Crippen LogP contribution in [0.1, 0.15) is 17.2 Å². The van der Waals surface area contributed by atoms with Gasteiger partial charge in [-0.25, -0.2) is 4.39 Å². The Kier molecular flexibility index (Phi) is 8.42. The quantitative estimate of drug-likeness (QED) is 0.670. The van der Waals surface area contributed by atoms with Gasteiger partial charge in [-0.2, -0.15) is 0 Å². The molecule has 1 aliphatic heterocycles. The van der Waals surface area contributed by atoms with Crippen molar-refractivity contribution in [2.75, 3.05) is 26.7 Å². The molecular weight excluding hydrogens is 406 g/mol. The molecule has 1 N–H and O–H groups in total. The topological polar surface area (TPSA) is 32.3 Å². The Labute approximate surface area is 175 Å². The maximum absolute atomic E-state index is 13.5. The molecule has 1 heterocycles. The minimum Gasteiger partial charge on any atom is -0.341 e. The van der Waals surface area contributed by atoms with Crippen molar-refractivity contribution in [2.45, 2.75) is 16.6 Å². The first-order valence-electron chi connectivity index (χ1n) is 8.68. The number of carbonyl (C=O) groups is 1. The summed E-state index contributed by atoms with van der Waals surface area (Å²) < 4.78 is 13.5. The molecule has 2 unspecified atom stereocenters. The molecule has 0 radical (unpaired) electrons. The zero-order valence-corrected chi connectivity index (χ0v) is 17.4. The molecule has 1 amide bonds. The van der Waals surface area contributed by atoms with Gasteiger partial charge in [0.25, 0.3) is 0 Å². The molecule has 0 aliphatic carbocycles. The first-order valence-corrected chi connectivity index (χ1v) is 9.94. The first kappa shape index (κ1) is 22.0. The van der Waals surface area contributed by atoms with E-state index in [4.69, 9.17) is 11.6 Å². The summed E-state index contributed by atoms with van der Waals surface area (Å²) in [5.74, 6) is 0.138. The Hall–Kier alpha value is -1.27. The van der Waals surface area contributed by atoms with E-state index in [2.05, 4.69) is 5.32 Å². The fraction of sp³-hybridized carbons (Fsp3) is 0.350. The number of nitrogens with zero attached hydrogens (tertiary/aromatic N) is 1. The number of likely N-dealkylation sites (tertiary alicyclic amines) is 1. The van der Waals surface area contributed by atoms with E-state index in [1.807, 2.05) is 42.3 Å². The van der Waals surface area contributed by atoms with Crippen LogP contribution in [0.4, 0.5) is 4.39 Å². The van der Waals surface area contributed by atoms with E-state index >= 15 is 0 Å². The molecule has 2 aromatic carbocycles. The lowest BCUT2D eigenvalue weighted by molar-refractivity contribution is -0.129. The predicted octanol–water partition coefficient (Wildman–Crippen LogP) is 4.80. The second-order valence-corrected chi connectivity index (χ2v) is 8.07. The summed E-state index contributed by atoms with van der Waals surface area (Å²) in [4.78, 5) is 16.0. The molecule has 1 fully saturated rings. The molecule has 0 spiro atoms. The van der Waals surface area contributed by atoms with Crippen LogP contribution in [0.2, 0.25) is 5.02 Å². The van der Waals surface area contributed by atoms with Crippen LogP contribution in [0, 0.1) is 11.7 Å². The number of halogens is 3. The highest BCUT2D eigenvalue weighted by atomic mass is 35.5. The predicted molar refractivity (Wildman–Crippen MR) is 112 cm³/mol.